The average molecular weight is 319 g/mol. The molecule has 0 spiro atoms. The average Bonchev–Trinajstić information content (AvgIpc) is 2.51. The molecule has 0 bridgehead atoms. The third kappa shape index (κ3) is 3.44. The van der Waals surface area contributed by atoms with E-state index in [9.17, 15) is 9.90 Å². The lowest BCUT2D eigenvalue weighted by Crippen LogP contribution is -2.57. The van der Waals surface area contributed by atoms with E-state index in [2.05, 4.69) is 4.90 Å². The zero-order chi connectivity index (χ0) is 16.4. The van der Waals surface area contributed by atoms with Crippen LogP contribution in [-0.2, 0) is 6.42 Å². The molecule has 0 aliphatic carbocycles. The van der Waals surface area contributed by atoms with E-state index in [1.807, 2.05) is 6.07 Å². The lowest BCUT2D eigenvalue weighted by Gasteiger charge is -2.40. The highest BCUT2D eigenvalue weighted by Crippen LogP contribution is 2.36. The quantitative estimate of drug-likeness (QED) is 0.620. The van der Waals surface area contributed by atoms with Gasteiger partial charge in [0.2, 0.25) is 0 Å². The van der Waals surface area contributed by atoms with E-state index >= 15 is 0 Å². The summed E-state index contributed by atoms with van der Waals surface area (Å²) >= 11 is 0. The molecule has 1 unspecified atom stereocenters. The van der Waals surface area contributed by atoms with E-state index in [0.717, 1.165) is 18.3 Å². The fourth-order valence-corrected chi connectivity index (χ4v) is 2.91. The normalized spacial score (nSPS) is 19.0. The van der Waals surface area contributed by atoms with E-state index in [4.69, 9.17) is 20.2 Å². The first-order chi connectivity index (χ1) is 11.1. The summed E-state index contributed by atoms with van der Waals surface area (Å²) in [4.78, 5) is 13.7. The third-order valence-corrected chi connectivity index (χ3v) is 4.09. The Morgan fingerprint density at radius 1 is 1.52 bits per heavy atom. The van der Waals surface area contributed by atoms with Crippen LogP contribution in [0.4, 0.5) is 0 Å². The number of aromatic carboxylic acids is 1. The molecular weight excluding hydrogens is 299 g/mol. The zero-order valence-corrected chi connectivity index (χ0v) is 12.8. The molecule has 0 aromatic heterocycles. The zero-order valence-electron chi connectivity index (χ0n) is 12.8. The molecule has 1 aromatic carbocycles. The standard InChI is InChI=1S/C15H20BN2O5/c17-10(8-19)5-18-6-11(7-18)22-12-2-1-9-3-4-16-23-14(9)13(12)15(20)21/h1-2,10-11,19H,3-8,17H2,(H,20,21). The molecule has 0 saturated carbocycles. The van der Waals surface area contributed by atoms with Crippen LogP contribution >= 0.6 is 0 Å². The van der Waals surface area contributed by atoms with Gasteiger partial charge in [0.15, 0.2) is 0 Å². The van der Waals surface area contributed by atoms with Crippen molar-refractivity contribution in [3.05, 3.63) is 23.3 Å². The molecule has 1 radical (unpaired) electrons. The van der Waals surface area contributed by atoms with Gasteiger partial charge in [0, 0.05) is 25.7 Å². The van der Waals surface area contributed by atoms with Gasteiger partial charge in [0.05, 0.1) is 6.61 Å². The maximum absolute atomic E-state index is 11.6. The maximum atomic E-state index is 11.6. The van der Waals surface area contributed by atoms with Crippen molar-refractivity contribution in [1.82, 2.24) is 4.90 Å². The van der Waals surface area contributed by atoms with Crippen LogP contribution in [0.1, 0.15) is 15.9 Å². The van der Waals surface area contributed by atoms with E-state index in [-0.39, 0.29) is 24.3 Å². The monoisotopic (exact) mass is 319 g/mol. The number of aliphatic hydroxyl groups excluding tert-OH is 1. The number of benzene rings is 1. The lowest BCUT2D eigenvalue weighted by molar-refractivity contribution is 0.0119. The Kier molecular flexibility index (Phi) is 4.75. The highest BCUT2D eigenvalue weighted by Gasteiger charge is 2.32. The highest BCUT2D eigenvalue weighted by atomic mass is 16.5. The van der Waals surface area contributed by atoms with Gasteiger partial charge in [-0.25, -0.2) is 4.79 Å². The summed E-state index contributed by atoms with van der Waals surface area (Å²) < 4.78 is 11.3. The summed E-state index contributed by atoms with van der Waals surface area (Å²) in [5, 5.41) is 18.4. The molecule has 123 valence electrons. The smallest absolute Gasteiger partial charge is 0.370 e. The minimum absolute atomic E-state index is 0.0517. The summed E-state index contributed by atoms with van der Waals surface area (Å²) in [6, 6.07) is 3.31. The molecule has 1 saturated heterocycles. The Bertz CT molecular complexity index is 591. The number of carboxylic acid groups (broad SMARTS) is 1. The van der Waals surface area contributed by atoms with E-state index in [0.29, 0.717) is 31.1 Å². The highest BCUT2D eigenvalue weighted by molar-refractivity contribution is 6.29. The predicted molar refractivity (Wildman–Crippen MR) is 84.2 cm³/mol. The van der Waals surface area contributed by atoms with Crippen molar-refractivity contribution in [1.29, 1.82) is 0 Å². The van der Waals surface area contributed by atoms with Gasteiger partial charge in [-0.05, 0) is 24.4 Å². The van der Waals surface area contributed by atoms with Crippen molar-refractivity contribution >= 4 is 13.5 Å². The molecule has 1 fully saturated rings. The van der Waals surface area contributed by atoms with Crippen molar-refractivity contribution in [3.63, 3.8) is 0 Å². The molecule has 2 aliphatic heterocycles. The SMILES string of the molecule is NC(CO)CN1CC(Oc2ccc3c(c2C(=O)O)O[B]CC3)C1. The summed E-state index contributed by atoms with van der Waals surface area (Å²) in [7, 11) is 1.62. The number of aryl methyl sites for hydroxylation is 1. The molecular formula is C15H20BN2O5. The molecule has 7 nitrogen and oxygen atoms in total. The Hall–Kier alpha value is -1.77. The second-order valence-electron chi connectivity index (χ2n) is 5.96. The number of hydrogen-bond acceptors (Lipinski definition) is 6. The van der Waals surface area contributed by atoms with E-state index in [1.165, 1.54) is 0 Å². The first kappa shape index (κ1) is 16.1. The van der Waals surface area contributed by atoms with Crippen LogP contribution in [0.25, 0.3) is 0 Å². The van der Waals surface area contributed by atoms with Gasteiger partial charge in [-0.2, -0.15) is 0 Å². The minimum Gasteiger partial charge on any atom is -0.562 e. The third-order valence-electron chi connectivity index (χ3n) is 4.09. The molecule has 1 atom stereocenters. The summed E-state index contributed by atoms with van der Waals surface area (Å²) in [5.74, 6) is -0.326. The number of carboxylic acids is 1. The fraction of sp³-hybridized carbons (Fsp3) is 0.533. The Morgan fingerprint density at radius 2 is 2.30 bits per heavy atom. The van der Waals surface area contributed by atoms with E-state index < -0.39 is 5.97 Å². The molecule has 2 aliphatic rings. The maximum Gasteiger partial charge on any atom is 0.370 e. The first-order valence-corrected chi connectivity index (χ1v) is 7.71. The summed E-state index contributed by atoms with van der Waals surface area (Å²) in [5.41, 5.74) is 6.67. The molecule has 8 heteroatoms. The van der Waals surface area contributed by atoms with Gasteiger partial charge in [0.25, 0.3) is 0 Å². The van der Waals surface area contributed by atoms with Gasteiger partial charge in [0.1, 0.15) is 23.2 Å². The summed E-state index contributed by atoms with van der Waals surface area (Å²) in [6.45, 7) is 1.88. The van der Waals surface area contributed by atoms with Gasteiger partial charge >= 0.3 is 13.5 Å². The van der Waals surface area contributed by atoms with Crippen molar-refractivity contribution < 1.29 is 24.4 Å². The van der Waals surface area contributed by atoms with Crippen molar-refractivity contribution in [3.8, 4) is 11.5 Å². The largest absolute Gasteiger partial charge is 0.562 e. The molecule has 23 heavy (non-hydrogen) atoms. The van der Waals surface area contributed by atoms with Crippen LogP contribution in [0.15, 0.2) is 12.1 Å². The molecule has 2 heterocycles. The van der Waals surface area contributed by atoms with Gasteiger partial charge in [-0.1, -0.05) is 6.07 Å². The predicted octanol–water partition coefficient (Wildman–Crippen LogP) is -0.260. The minimum atomic E-state index is -1.05. The Labute approximate surface area is 135 Å². The number of rotatable bonds is 6. The Balaban J connectivity index is 1.68. The number of nitrogens with two attached hydrogens (primary N) is 1. The number of nitrogens with zero attached hydrogens (tertiary/aromatic N) is 1. The lowest BCUT2D eigenvalue weighted by atomic mass is 9.85. The van der Waals surface area contributed by atoms with Crippen molar-refractivity contribution in [2.75, 3.05) is 26.2 Å². The van der Waals surface area contributed by atoms with Gasteiger partial charge < -0.3 is 25.3 Å². The number of hydrogen-bond donors (Lipinski definition) is 3. The number of carbonyl (C=O) groups is 1. The fourth-order valence-electron chi connectivity index (χ4n) is 2.91. The summed E-state index contributed by atoms with van der Waals surface area (Å²) in [6.07, 6.45) is 1.46. The van der Waals surface area contributed by atoms with Crippen LogP contribution in [0, 0.1) is 0 Å². The molecule has 4 N–H and O–H groups in total. The Morgan fingerprint density at radius 3 is 3.00 bits per heavy atom. The number of likely N-dealkylation sites (tertiary alicyclic amines) is 1. The van der Waals surface area contributed by atoms with Crippen LogP contribution in [0.2, 0.25) is 6.32 Å². The van der Waals surface area contributed by atoms with Crippen molar-refractivity contribution in [2.24, 2.45) is 5.73 Å². The molecule has 1 aromatic rings. The molecule has 3 rings (SSSR count). The topological polar surface area (TPSA) is 105 Å². The second kappa shape index (κ2) is 6.78. The number of ether oxygens (including phenoxy) is 1. The van der Waals surface area contributed by atoms with Crippen LogP contribution < -0.4 is 15.1 Å². The van der Waals surface area contributed by atoms with Crippen LogP contribution in [0.5, 0.6) is 11.5 Å². The molecule has 0 amide bonds. The van der Waals surface area contributed by atoms with Crippen LogP contribution in [-0.4, -0.2) is 67.0 Å². The van der Waals surface area contributed by atoms with Crippen LogP contribution in [0.3, 0.4) is 0 Å². The number of fused-ring (bicyclic) bond motifs is 1. The van der Waals surface area contributed by atoms with Crippen molar-refractivity contribution in [2.45, 2.75) is 24.9 Å². The second-order valence-corrected chi connectivity index (χ2v) is 5.96. The first-order valence-electron chi connectivity index (χ1n) is 7.71. The van der Waals surface area contributed by atoms with E-state index in [1.54, 1.807) is 13.5 Å². The van der Waals surface area contributed by atoms with Gasteiger partial charge in [-0.3, -0.25) is 4.90 Å². The van der Waals surface area contributed by atoms with Gasteiger partial charge in [-0.15, -0.1) is 0 Å². The number of aliphatic hydroxyl groups is 1.